The van der Waals surface area contributed by atoms with Gasteiger partial charge in [0.15, 0.2) is 5.96 Å². The Kier molecular flexibility index (Phi) is 5.10. The average molecular weight is 225 g/mol. The summed E-state index contributed by atoms with van der Waals surface area (Å²) in [6.45, 7) is 7.14. The lowest BCUT2D eigenvalue weighted by Gasteiger charge is -2.21. The minimum atomic E-state index is 0.0129. The third-order valence-electron chi connectivity index (χ3n) is 3.03. The lowest BCUT2D eigenvalue weighted by Crippen LogP contribution is -2.45. The molecule has 0 aromatic rings. The summed E-state index contributed by atoms with van der Waals surface area (Å²) in [7, 11) is 0. The molecule has 0 heterocycles. The van der Waals surface area contributed by atoms with Crippen LogP contribution < -0.4 is 11.1 Å². The van der Waals surface area contributed by atoms with Gasteiger partial charge in [-0.05, 0) is 39.5 Å². The Balaban J connectivity index is 2.10. The van der Waals surface area contributed by atoms with Crippen molar-refractivity contribution in [3.8, 4) is 0 Å². The molecular formula is C13H27N3. The van der Waals surface area contributed by atoms with Crippen LogP contribution in [0.1, 0.15) is 59.3 Å². The molecule has 0 unspecified atom stereocenters. The van der Waals surface area contributed by atoms with Gasteiger partial charge in [0, 0.05) is 12.1 Å². The highest BCUT2D eigenvalue weighted by Gasteiger charge is 2.14. The lowest BCUT2D eigenvalue weighted by atomic mass is 10.0. The molecule has 1 rings (SSSR count). The smallest absolute Gasteiger partial charge is 0.188 e. The Morgan fingerprint density at radius 1 is 1.31 bits per heavy atom. The highest BCUT2D eigenvalue weighted by molar-refractivity contribution is 5.78. The van der Waals surface area contributed by atoms with Crippen LogP contribution in [0.3, 0.4) is 0 Å². The highest BCUT2D eigenvalue weighted by atomic mass is 15.1. The van der Waals surface area contributed by atoms with Crippen LogP contribution in [0.5, 0.6) is 0 Å². The number of guanidine groups is 1. The number of nitrogens with zero attached hydrogens (tertiary/aromatic N) is 1. The van der Waals surface area contributed by atoms with Gasteiger partial charge in [-0.3, -0.25) is 4.99 Å². The molecular weight excluding hydrogens is 198 g/mol. The summed E-state index contributed by atoms with van der Waals surface area (Å²) in [5.41, 5.74) is 5.81. The minimum Gasteiger partial charge on any atom is -0.370 e. The van der Waals surface area contributed by atoms with E-state index in [0.717, 1.165) is 12.5 Å². The summed E-state index contributed by atoms with van der Waals surface area (Å²) in [6, 6.07) is 0. The molecule has 0 aromatic heterocycles. The fourth-order valence-corrected chi connectivity index (χ4v) is 2.30. The molecule has 0 amide bonds. The van der Waals surface area contributed by atoms with Gasteiger partial charge < -0.3 is 11.1 Å². The van der Waals surface area contributed by atoms with Crippen LogP contribution in [0.15, 0.2) is 4.99 Å². The van der Waals surface area contributed by atoms with Gasteiger partial charge in [-0.1, -0.05) is 25.7 Å². The molecule has 0 atom stereocenters. The molecule has 3 nitrogen and oxygen atoms in total. The van der Waals surface area contributed by atoms with Crippen LogP contribution in [0.2, 0.25) is 0 Å². The van der Waals surface area contributed by atoms with Crippen molar-refractivity contribution < 1.29 is 0 Å². The second kappa shape index (κ2) is 6.12. The standard InChI is InChI=1S/C13H27N3/c1-13(2,3)16-12(14)15-10-6-9-11-7-4-5-8-11/h11H,4-10H2,1-3H3,(H3,14,15,16). The van der Waals surface area contributed by atoms with Crippen LogP contribution in [0, 0.1) is 5.92 Å². The predicted molar refractivity (Wildman–Crippen MR) is 70.6 cm³/mol. The van der Waals surface area contributed by atoms with E-state index in [0.29, 0.717) is 5.96 Å². The number of hydrogen-bond donors (Lipinski definition) is 2. The molecule has 94 valence electrons. The average Bonchev–Trinajstić information content (AvgIpc) is 2.62. The van der Waals surface area contributed by atoms with Crippen LogP contribution >= 0.6 is 0 Å². The van der Waals surface area contributed by atoms with Crippen LogP contribution in [0.4, 0.5) is 0 Å². The number of hydrogen-bond acceptors (Lipinski definition) is 1. The fourth-order valence-electron chi connectivity index (χ4n) is 2.30. The Hall–Kier alpha value is -0.730. The largest absolute Gasteiger partial charge is 0.370 e. The first kappa shape index (κ1) is 13.3. The monoisotopic (exact) mass is 225 g/mol. The maximum Gasteiger partial charge on any atom is 0.188 e. The molecule has 0 radical (unpaired) electrons. The van der Waals surface area contributed by atoms with Gasteiger partial charge in [0.1, 0.15) is 0 Å². The quantitative estimate of drug-likeness (QED) is 0.439. The van der Waals surface area contributed by atoms with Gasteiger partial charge >= 0.3 is 0 Å². The maximum absolute atomic E-state index is 5.79. The Labute approximate surface area is 99.9 Å². The molecule has 0 bridgehead atoms. The zero-order valence-electron chi connectivity index (χ0n) is 11.1. The SMILES string of the molecule is CC(C)(C)NC(N)=NCCCC1CCCC1. The molecule has 0 saturated heterocycles. The van der Waals surface area contributed by atoms with Gasteiger partial charge in [0.2, 0.25) is 0 Å². The van der Waals surface area contributed by atoms with E-state index in [1.54, 1.807) is 0 Å². The summed E-state index contributed by atoms with van der Waals surface area (Å²) in [5, 5.41) is 3.18. The van der Waals surface area contributed by atoms with Gasteiger partial charge in [-0.25, -0.2) is 0 Å². The molecule has 0 aliphatic heterocycles. The first-order valence-corrected chi connectivity index (χ1v) is 6.55. The highest BCUT2D eigenvalue weighted by Crippen LogP contribution is 2.28. The van der Waals surface area contributed by atoms with Crippen molar-refractivity contribution in [2.24, 2.45) is 16.6 Å². The van der Waals surface area contributed by atoms with Crippen LogP contribution in [-0.4, -0.2) is 18.0 Å². The second-order valence-corrected chi connectivity index (χ2v) is 5.93. The Bertz CT molecular complexity index is 222. The van der Waals surface area contributed by atoms with Crippen molar-refractivity contribution in [2.75, 3.05) is 6.54 Å². The van der Waals surface area contributed by atoms with Gasteiger partial charge in [0.25, 0.3) is 0 Å². The molecule has 0 spiro atoms. The number of aliphatic imine (C=N–C) groups is 1. The molecule has 0 aromatic carbocycles. The fraction of sp³-hybridized carbons (Fsp3) is 0.923. The Morgan fingerprint density at radius 2 is 1.94 bits per heavy atom. The molecule has 1 saturated carbocycles. The van der Waals surface area contributed by atoms with Crippen molar-refractivity contribution in [3.63, 3.8) is 0 Å². The van der Waals surface area contributed by atoms with Crippen molar-refractivity contribution in [2.45, 2.75) is 64.8 Å². The van der Waals surface area contributed by atoms with E-state index in [1.807, 2.05) is 0 Å². The summed E-state index contributed by atoms with van der Waals surface area (Å²) < 4.78 is 0. The predicted octanol–water partition coefficient (Wildman–Crippen LogP) is 2.66. The summed E-state index contributed by atoms with van der Waals surface area (Å²) >= 11 is 0. The summed E-state index contributed by atoms with van der Waals surface area (Å²) in [5.74, 6) is 1.55. The van der Waals surface area contributed by atoms with E-state index < -0.39 is 0 Å². The van der Waals surface area contributed by atoms with Crippen molar-refractivity contribution in [3.05, 3.63) is 0 Å². The topological polar surface area (TPSA) is 50.4 Å². The van der Waals surface area contributed by atoms with Crippen LogP contribution in [-0.2, 0) is 0 Å². The first-order valence-electron chi connectivity index (χ1n) is 6.55. The zero-order chi connectivity index (χ0) is 12.0. The van der Waals surface area contributed by atoms with Crippen molar-refractivity contribution >= 4 is 5.96 Å². The van der Waals surface area contributed by atoms with E-state index in [-0.39, 0.29) is 5.54 Å². The van der Waals surface area contributed by atoms with Crippen molar-refractivity contribution in [1.29, 1.82) is 0 Å². The molecule has 1 aliphatic rings. The minimum absolute atomic E-state index is 0.0129. The van der Waals surface area contributed by atoms with E-state index in [1.165, 1.54) is 38.5 Å². The summed E-state index contributed by atoms with van der Waals surface area (Å²) in [4.78, 5) is 4.35. The van der Waals surface area contributed by atoms with Gasteiger partial charge in [-0.2, -0.15) is 0 Å². The first-order chi connectivity index (χ1) is 7.47. The molecule has 3 heteroatoms. The number of rotatable bonds is 4. The Morgan fingerprint density at radius 3 is 2.50 bits per heavy atom. The zero-order valence-corrected chi connectivity index (χ0v) is 11.1. The third-order valence-corrected chi connectivity index (χ3v) is 3.03. The molecule has 1 fully saturated rings. The van der Waals surface area contributed by atoms with E-state index in [2.05, 4.69) is 31.1 Å². The van der Waals surface area contributed by atoms with E-state index in [9.17, 15) is 0 Å². The van der Waals surface area contributed by atoms with E-state index >= 15 is 0 Å². The number of nitrogens with two attached hydrogens (primary N) is 1. The molecule has 1 aliphatic carbocycles. The normalized spacial score (nSPS) is 19.1. The van der Waals surface area contributed by atoms with Gasteiger partial charge in [0.05, 0.1) is 0 Å². The van der Waals surface area contributed by atoms with Crippen molar-refractivity contribution in [1.82, 2.24) is 5.32 Å². The summed E-state index contributed by atoms with van der Waals surface area (Å²) in [6.07, 6.45) is 8.23. The van der Waals surface area contributed by atoms with Gasteiger partial charge in [-0.15, -0.1) is 0 Å². The third kappa shape index (κ3) is 5.99. The second-order valence-electron chi connectivity index (χ2n) is 5.93. The van der Waals surface area contributed by atoms with Crippen LogP contribution in [0.25, 0.3) is 0 Å². The van der Waals surface area contributed by atoms with E-state index in [4.69, 9.17) is 5.73 Å². The molecule has 16 heavy (non-hydrogen) atoms. The number of nitrogens with one attached hydrogen (secondary N) is 1. The molecule has 3 N–H and O–H groups in total. The lowest BCUT2D eigenvalue weighted by molar-refractivity contribution is 0.485. The maximum atomic E-state index is 5.79.